The van der Waals surface area contributed by atoms with E-state index in [1.807, 2.05) is 30.3 Å². The SMILES string of the molecule is N#CCOc1ccc(CNCCOCC2CC2)cc1. The van der Waals surface area contributed by atoms with Crippen LogP contribution in [0.5, 0.6) is 5.75 Å². The fourth-order valence-corrected chi connectivity index (χ4v) is 1.73. The molecular weight excluding hydrogens is 240 g/mol. The molecule has 1 saturated carbocycles. The summed E-state index contributed by atoms with van der Waals surface area (Å²) in [5.74, 6) is 1.57. The van der Waals surface area contributed by atoms with Crippen LogP contribution in [0.4, 0.5) is 0 Å². The highest BCUT2D eigenvalue weighted by Crippen LogP contribution is 2.28. The Kier molecular flexibility index (Phi) is 5.67. The second-order valence-electron chi connectivity index (χ2n) is 4.79. The Morgan fingerprint density at radius 2 is 2.05 bits per heavy atom. The molecule has 1 N–H and O–H groups in total. The summed E-state index contributed by atoms with van der Waals surface area (Å²) < 4.78 is 10.7. The van der Waals surface area contributed by atoms with Crippen LogP contribution >= 0.6 is 0 Å². The topological polar surface area (TPSA) is 54.3 Å². The zero-order valence-electron chi connectivity index (χ0n) is 11.1. The molecule has 19 heavy (non-hydrogen) atoms. The number of nitrogens with one attached hydrogen (secondary N) is 1. The molecule has 1 aromatic rings. The number of nitriles is 1. The van der Waals surface area contributed by atoms with E-state index in [1.54, 1.807) is 0 Å². The van der Waals surface area contributed by atoms with Crippen LogP contribution in [0.1, 0.15) is 18.4 Å². The molecule has 0 aliphatic heterocycles. The fourth-order valence-electron chi connectivity index (χ4n) is 1.73. The quantitative estimate of drug-likeness (QED) is 0.691. The normalized spacial score (nSPS) is 14.1. The molecule has 4 heteroatoms. The summed E-state index contributed by atoms with van der Waals surface area (Å²) in [5.41, 5.74) is 1.20. The van der Waals surface area contributed by atoms with E-state index in [9.17, 15) is 0 Å². The minimum atomic E-state index is 0.0932. The number of benzene rings is 1. The van der Waals surface area contributed by atoms with Crippen LogP contribution in [0.3, 0.4) is 0 Å². The van der Waals surface area contributed by atoms with E-state index in [1.165, 1.54) is 18.4 Å². The van der Waals surface area contributed by atoms with Crippen molar-refractivity contribution >= 4 is 0 Å². The first-order chi connectivity index (χ1) is 9.38. The van der Waals surface area contributed by atoms with E-state index in [4.69, 9.17) is 14.7 Å². The Morgan fingerprint density at radius 3 is 2.74 bits per heavy atom. The van der Waals surface area contributed by atoms with Crippen LogP contribution in [0.15, 0.2) is 24.3 Å². The van der Waals surface area contributed by atoms with Crippen molar-refractivity contribution in [1.82, 2.24) is 5.32 Å². The number of nitrogens with zero attached hydrogens (tertiary/aromatic N) is 1. The highest BCUT2D eigenvalue weighted by molar-refractivity contribution is 5.27. The van der Waals surface area contributed by atoms with Gasteiger partial charge in [-0.1, -0.05) is 12.1 Å². The maximum absolute atomic E-state index is 8.41. The molecule has 0 heterocycles. The van der Waals surface area contributed by atoms with Gasteiger partial charge in [-0.25, -0.2) is 0 Å². The van der Waals surface area contributed by atoms with E-state index >= 15 is 0 Å². The molecular formula is C15H20N2O2. The number of rotatable bonds is 9. The third kappa shape index (κ3) is 5.73. The molecule has 0 bridgehead atoms. The van der Waals surface area contributed by atoms with Gasteiger partial charge in [-0.05, 0) is 36.5 Å². The lowest BCUT2D eigenvalue weighted by atomic mass is 10.2. The molecule has 0 amide bonds. The van der Waals surface area contributed by atoms with Gasteiger partial charge in [0.15, 0.2) is 6.61 Å². The van der Waals surface area contributed by atoms with Crippen molar-refractivity contribution in [3.05, 3.63) is 29.8 Å². The van der Waals surface area contributed by atoms with Crippen molar-refractivity contribution in [2.24, 2.45) is 5.92 Å². The first kappa shape index (κ1) is 13.9. The lowest BCUT2D eigenvalue weighted by Crippen LogP contribution is -2.19. The zero-order chi connectivity index (χ0) is 13.3. The number of ether oxygens (including phenoxy) is 2. The van der Waals surface area contributed by atoms with Gasteiger partial charge >= 0.3 is 0 Å². The van der Waals surface area contributed by atoms with Gasteiger partial charge in [-0.3, -0.25) is 0 Å². The smallest absolute Gasteiger partial charge is 0.174 e. The second-order valence-corrected chi connectivity index (χ2v) is 4.79. The van der Waals surface area contributed by atoms with Crippen LogP contribution in [-0.4, -0.2) is 26.4 Å². The lowest BCUT2D eigenvalue weighted by Gasteiger charge is -2.07. The van der Waals surface area contributed by atoms with Crippen molar-refractivity contribution < 1.29 is 9.47 Å². The van der Waals surface area contributed by atoms with Gasteiger partial charge < -0.3 is 14.8 Å². The summed E-state index contributed by atoms with van der Waals surface area (Å²) in [6.07, 6.45) is 2.68. The Hall–Kier alpha value is -1.57. The second kappa shape index (κ2) is 7.78. The standard InChI is InChI=1S/C15H20N2O2/c16-7-9-19-15-5-3-13(4-6-15)11-17-8-10-18-12-14-1-2-14/h3-6,14,17H,1-2,8-12H2. The van der Waals surface area contributed by atoms with Gasteiger partial charge in [0.25, 0.3) is 0 Å². The molecule has 0 radical (unpaired) electrons. The Bertz CT molecular complexity index is 407. The largest absolute Gasteiger partial charge is 0.479 e. The Balaban J connectivity index is 1.55. The maximum atomic E-state index is 8.41. The van der Waals surface area contributed by atoms with Crippen molar-refractivity contribution in [3.63, 3.8) is 0 Å². The van der Waals surface area contributed by atoms with Crippen molar-refractivity contribution in [3.8, 4) is 11.8 Å². The molecule has 0 aromatic heterocycles. The molecule has 0 unspecified atom stereocenters. The molecule has 0 saturated heterocycles. The average molecular weight is 260 g/mol. The highest BCUT2D eigenvalue weighted by Gasteiger charge is 2.20. The van der Waals surface area contributed by atoms with Crippen LogP contribution in [0, 0.1) is 17.2 Å². The third-order valence-electron chi connectivity index (χ3n) is 3.03. The molecule has 0 atom stereocenters. The van der Waals surface area contributed by atoms with Crippen molar-refractivity contribution in [2.75, 3.05) is 26.4 Å². The minimum absolute atomic E-state index is 0.0932. The summed E-state index contributed by atoms with van der Waals surface area (Å²) in [7, 11) is 0. The predicted octanol–water partition coefficient (Wildman–Crippen LogP) is 2.11. The number of hydrogen-bond acceptors (Lipinski definition) is 4. The van der Waals surface area contributed by atoms with Gasteiger partial charge in [0, 0.05) is 19.7 Å². The molecule has 102 valence electrons. The van der Waals surface area contributed by atoms with Crippen LogP contribution in [-0.2, 0) is 11.3 Å². The highest BCUT2D eigenvalue weighted by atomic mass is 16.5. The monoisotopic (exact) mass is 260 g/mol. The molecule has 1 aromatic carbocycles. The Labute approximate surface area is 114 Å². The third-order valence-corrected chi connectivity index (χ3v) is 3.03. The van der Waals surface area contributed by atoms with Crippen LogP contribution in [0.2, 0.25) is 0 Å². The predicted molar refractivity (Wildman–Crippen MR) is 72.8 cm³/mol. The molecule has 1 aliphatic carbocycles. The first-order valence-electron chi connectivity index (χ1n) is 6.75. The maximum Gasteiger partial charge on any atom is 0.174 e. The molecule has 1 aliphatic rings. The van der Waals surface area contributed by atoms with Gasteiger partial charge in [-0.15, -0.1) is 0 Å². The summed E-state index contributed by atoms with van der Waals surface area (Å²) in [4.78, 5) is 0. The fraction of sp³-hybridized carbons (Fsp3) is 0.533. The minimum Gasteiger partial charge on any atom is -0.479 e. The van der Waals surface area contributed by atoms with E-state index in [0.717, 1.165) is 38.0 Å². The van der Waals surface area contributed by atoms with Gasteiger partial charge in [0.2, 0.25) is 0 Å². The average Bonchev–Trinajstić information content (AvgIpc) is 3.26. The Morgan fingerprint density at radius 1 is 1.26 bits per heavy atom. The van der Waals surface area contributed by atoms with Crippen molar-refractivity contribution in [2.45, 2.75) is 19.4 Å². The van der Waals surface area contributed by atoms with Gasteiger partial charge in [0.05, 0.1) is 6.61 Å². The zero-order valence-corrected chi connectivity index (χ0v) is 11.1. The van der Waals surface area contributed by atoms with E-state index < -0.39 is 0 Å². The van der Waals surface area contributed by atoms with Crippen LogP contribution < -0.4 is 10.1 Å². The van der Waals surface area contributed by atoms with Crippen LogP contribution in [0.25, 0.3) is 0 Å². The summed E-state index contributed by atoms with van der Waals surface area (Å²) in [5, 5.41) is 11.8. The summed E-state index contributed by atoms with van der Waals surface area (Å²) >= 11 is 0. The summed E-state index contributed by atoms with van der Waals surface area (Å²) in [6, 6.07) is 9.73. The molecule has 0 spiro atoms. The molecule has 2 rings (SSSR count). The van der Waals surface area contributed by atoms with Gasteiger partial charge in [-0.2, -0.15) is 5.26 Å². The molecule has 4 nitrogen and oxygen atoms in total. The summed E-state index contributed by atoms with van der Waals surface area (Å²) in [6.45, 7) is 3.49. The lowest BCUT2D eigenvalue weighted by molar-refractivity contribution is 0.126. The first-order valence-corrected chi connectivity index (χ1v) is 6.75. The van der Waals surface area contributed by atoms with E-state index in [-0.39, 0.29) is 6.61 Å². The van der Waals surface area contributed by atoms with E-state index in [2.05, 4.69) is 5.32 Å². The number of hydrogen-bond donors (Lipinski definition) is 1. The molecule has 1 fully saturated rings. The van der Waals surface area contributed by atoms with E-state index in [0.29, 0.717) is 0 Å². The van der Waals surface area contributed by atoms with Gasteiger partial charge in [0.1, 0.15) is 11.8 Å². The van der Waals surface area contributed by atoms with Crippen molar-refractivity contribution in [1.29, 1.82) is 5.26 Å².